The minimum atomic E-state index is 0.262. The smallest absolute Gasteiger partial charge is 0.0831 e. The summed E-state index contributed by atoms with van der Waals surface area (Å²) in [6.07, 6.45) is 2.94. The first-order valence-electron chi connectivity index (χ1n) is 5.24. The van der Waals surface area contributed by atoms with Gasteiger partial charge in [0.05, 0.1) is 43.4 Å². The number of hydrogen-bond acceptors (Lipinski definition) is 4. The van der Waals surface area contributed by atoms with Gasteiger partial charge in [-0.25, -0.2) is 0 Å². The Hall–Kier alpha value is -1.07. The van der Waals surface area contributed by atoms with E-state index in [1.165, 1.54) is 0 Å². The van der Waals surface area contributed by atoms with Gasteiger partial charge in [-0.2, -0.15) is 5.10 Å². The van der Waals surface area contributed by atoms with Crippen molar-refractivity contribution in [2.24, 2.45) is 0 Å². The first kappa shape index (κ1) is 10.4. The number of nitrogens with two attached hydrogens (primary N) is 1. The fourth-order valence-electron chi connectivity index (χ4n) is 1.64. The molecule has 0 aromatic carbocycles. The molecule has 0 radical (unpaired) electrons. The van der Waals surface area contributed by atoms with Crippen LogP contribution in [0.1, 0.15) is 12.1 Å². The van der Waals surface area contributed by atoms with E-state index in [9.17, 15) is 0 Å². The third-order valence-corrected chi connectivity index (χ3v) is 2.69. The monoisotopic (exact) mass is 211 g/mol. The lowest BCUT2D eigenvalue weighted by molar-refractivity contribution is 0.0369. The van der Waals surface area contributed by atoms with E-state index in [1.807, 2.05) is 11.6 Å². The Morgan fingerprint density at radius 2 is 2.60 bits per heavy atom. The summed E-state index contributed by atoms with van der Waals surface area (Å²) in [7, 11) is 0. The highest BCUT2D eigenvalue weighted by atomic mass is 16.5. The normalized spacial score (nSPS) is 21.0. The SMILES string of the molecule is Cc1c(N)cnn1CCOC1CCOC1. The lowest BCUT2D eigenvalue weighted by Crippen LogP contribution is -2.17. The highest BCUT2D eigenvalue weighted by Crippen LogP contribution is 2.10. The molecule has 2 rings (SSSR count). The van der Waals surface area contributed by atoms with Crippen LogP contribution in [0.15, 0.2) is 6.20 Å². The van der Waals surface area contributed by atoms with Gasteiger partial charge in [0, 0.05) is 6.61 Å². The number of aromatic nitrogens is 2. The fourth-order valence-corrected chi connectivity index (χ4v) is 1.64. The standard InChI is InChI=1S/C10H17N3O2/c1-8-10(11)6-12-13(8)3-5-15-9-2-4-14-7-9/h6,9H,2-5,7,11H2,1H3. The average molecular weight is 211 g/mol. The minimum Gasteiger partial charge on any atom is -0.396 e. The van der Waals surface area contributed by atoms with Gasteiger partial charge < -0.3 is 15.2 Å². The fraction of sp³-hybridized carbons (Fsp3) is 0.700. The minimum absolute atomic E-state index is 0.262. The van der Waals surface area contributed by atoms with Gasteiger partial charge in [0.25, 0.3) is 0 Å². The number of ether oxygens (including phenoxy) is 2. The van der Waals surface area contributed by atoms with E-state index in [4.69, 9.17) is 15.2 Å². The van der Waals surface area contributed by atoms with Crippen molar-refractivity contribution in [3.05, 3.63) is 11.9 Å². The number of hydrogen-bond donors (Lipinski definition) is 1. The van der Waals surface area contributed by atoms with E-state index in [-0.39, 0.29) is 6.10 Å². The molecule has 5 heteroatoms. The summed E-state index contributed by atoms with van der Waals surface area (Å²) in [5, 5.41) is 4.16. The molecule has 0 amide bonds. The molecule has 1 unspecified atom stereocenters. The molecule has 0 spiro atoms. The maximum absolute atomic E-state index is 5.69. The van der Waals surface area contributed by atoms with Gasteiger partial charge >= 0.3 is 0 Å². The summed E-state index contributed by atoms with van der Waals surface area (Å²) >= 11 is 0. The Kier molecular flexibility index (Phi) is 3.23. The number of anilines is 1. The highest BCUT2D eigenvalue weighted by molar-refractivity contribution is 5.39. The van der Waals surface area contributed by atoms with Gasteiger partial charge in [0.15, 0.2) is 0 Å². The molecule has 1 saturated heterocycles. The maximum atomic E-state index is 5.69. The molecule has 1 fully saturated rings. The van der Waals surface area contributed by atoms with Crippen LogP contribution in [-0.4, -0.2) is 35.7 Å². The van der Waals surface area contributed by atoms with Crippen LogP contribution >= 0.6 is 0 Å². The first-order valence-corrected chi connectivity index (χ1v) is 5.24. The largest absolute Gasteiger partial charge is 0.396 e. The van der Waals surface area contributed by atoms with E-state index in [2.05, 4.69) is 5.10 Å². The van der Waals surface area contributed by atoms with Crippen LogP contribution < -0.4 is 5.73 Å². The van der Waals surface area contributed by atoms with Crippen LogP contribution in [-0.2, 0) is 16.0 Å². The second-order valence-corrected chi connectivity index (χ2v) is 3.76. The van der Waals surface area contributed by atoms with E-state index >= 15 is 0 Å². The van der Waals surface area contributed by atoms with E-state index in [1.54, 1.807) is 6.20 Å². The van der Waals surface area contributed by atoms with E-state index in [0.717, 1.165) is 37.6 Å². The Morgan fingerprint density at radius 1 is 1.73 bits per heavy atom. The molecular weight excluding hydrogens is 194 g/mol. The van der Waals surface area contributed by atoms with E-state index < -0.39 is 0 Å². The summed E-state index contributed by atoms with van der Waals surface area (Å²) in [6, 6.07) is 0. The number of rotatable bonds is 4. The molecule has 2 heterocycles. The molecule has 5 nitrogen and oxygen atoms in total. The lowest BCUT2D eigenvalue weighted by Gasteiger charge is -2.10. The second-order valence-electron chi connectivity index (χ2n) is 3.76. The zero-order chi connectivity index (χ0) is 10.7. The Labute approximate surface area is 89.2 Å². The lowest BCUT2D eigenvalue weighted by atomic mass is 10.3. The number of nitrogens with zero attached hydrogens (tertiary/aromatic N) is 2. The van der Waals surface area contributed by atoms with Gasteiger partial charge in [-0.1, -0.05) is 0 Å². The molecule has 84 valence electrons. The van der Waals surface area contributed by atoms with Gasteiger partial charge in [0.1, 0.15) is 0 Å². The average Bonchev–Trinajstić information content (AvgIpc) is 2.83. The van der Waals surface area contributed by atoms with Gasteiger partial charge in [0.2, 0.25) is 0 Å². The van der Waals surface area contributed by atoms with Crippen molar-refractivity contribution >= 4 is 5.69 Å². The van der Waals surface area contributed by atoms with Crippen molar-refractivity contribution < 1.29 is 9.47 Å². The molecule has 0 bridgehead atoms. The summed E-state index contributed by atoms with van der Waals surface area (Å²) in [5.41, 5.74) is 7.43. The number of nitrogen functional groups attached to an aromatic ring is 1. The first-order chi connectivity index (χ1) is 7.27. The van der Waals surface area contributed by atoms with Crippen molar-refractivity contribution in [2.45, 2.75) is 26.0 Å². The third-order valence-electron chi connectivity index (χ3n) is 2.69. The quantitative estimate of drug-likeness (QED) is 0.791. The Balaban J connectivity index is 1.75. The van der Waals surface area contributed by atoms with Crippen molar-refractivity contribution in [1.29, 1.82) is 0 Å². The molecule has 0 aliphatic carbocycles. The maximum Gasteiger partial charge on any atom is 0.0831 e. The molecule has 1 aliphatic rings. The third kappa shape index (κ3) is 2.49. The molecule has 1 aromatic rings. The zero-order valence-electron chi connectivity index (χ0n) is 8.98. The molecule has 2 N–H and O–H groups in total. The summed E-state index contributed by atoms with van der Waals surface area (Å²) in [5.74, 6) is 0. The van der Waals surface area contributed by atoms with Crippen molar-refractivity contribution in [3.63, 3.8) is 0 Å². The van der Waals surface area contributed by atoms with Gasteiger partial charge in [-0.3, -0.25) is 4.68 Å². The molecule has 15 heavy (non-hydrogen) atoms. The summed E-state index contributed by atoms with van der Waals surface area (Å²) in [4.78, 5) is 0. The zero-order valence-corrected chi connectivity index (χ0v) is 8.98. The Morgan fingerprint density at radius 3 is 3.20 bits per heavy atom. The van der Waals surface area contributed by atoms with Gasteiger partial charge in [-0.05, 0) is 13.3 Å². The molecule has 1 atom stereocenters. The van der Waals surface area contributed by atoms with Crippen LogP contribution in [0, 0.1) is 6.92 Å². The van der Waals surface area contributed by atoms with Crippen LogP contribution in [0.4, 0.5) is 5.69 Å². The second kappa shape index (κ2) is 4.63. The molecule has 1 aliphatic heterocycles. The van der Waals surface area contributed by atoms with Gasteiger partial charge in [-0.15, -0.1) is 0 Å². The predicted octanol–water partition coefficient (Wildman–Crippen LogP) is 0.579. The van der Waals surface area contributed by atoms with Crippen molar-refractivity contribution in [2.75, 3.05) is 25.6 Å². The van der Waals surface area contributed by atoms with Crippen molar-refractivity contribution in [1.82, 2.24) is 9.78 Å². The van der Waals surface area contributed by atoms with Crippen LogP contribution in [0.3, 0.4) is 0 Å². The van der Waals surface area contributed by atoms with E-state index in [0.29, 0.717) is 6.61 Å². The predicted molar refractivity (Wildman–Crippen MR) is 56.6 cm³/mol. The molecular formula is C10H17N3O2. The molecule has 1 aromatic heterocycles. The topological polar surface area (TPSA) is 62.3 Å². The van der Waals surface area contributed by atoms with Crippen LogP contribution in [0.25, 0.3) is 0 Å². The van der Waals surface area contributed by atoms with Crippen LogP contribution in [0.5, 0.6) is 0 Å². The van der Waals surface area contributed by atoms with Crippen molar-refractivity contribution in [3.8, 4) is 0 Å². The summed E-state index contributed by atoms with van der Waals surface area (Å²) < 4.78 is 12.7. The summed E-state index contributed by atoms with van der Waals surface area (Å²) in [6.45, 7) is 4.91. The Bertz CT molecular complexity index is 318. The van der Waals surface area contributed by atoms with Crippen LogP contribution in [0.2, 0.25) is 0 Å². The highest BCUT2D eigenvalue weighted by Gasteiger charge is 2.15. The molecule has 0 saturated carbocycles.